The van der Waals surface area contributed by atoms with Crippen LogP contribution in [0.5, 0.6) is 17.2 Å². The summed E-state index contributed by atoms with van der Waals surface area (Å²) in [6, 6.07) is 15.7. The predicted octanol–water partition coefficient (Wildman–Crippen LogP) is 4.01. The minimum absolute atomic E-state index is 0.152. The Morgan fingerprint density at radius 3 is 2.52 bits per heavy atom. The number of hydrogen-bond acceptors (Lipinski definition) is 6. The summed E-state index contributed by atoms with van der Waals surface area (Å²) >= 11 is 0. The van der Waals surface area contributed by atoms with Crippen molar-refractivity contribution in [3.8, 4) is 17.2 Å². The van der Waals surface area contributed by atoms with Gasteiger partial charge in [0.2, 0.25) is 0 Å². The van der Waals surface area contributed by atoms with Gasteiger partial charge in [-0.1, -0.05) is 24.3 Å². The van der Waals surface area contributed by atoms with E-state index in [2.05, 4.69) is 10.3 Å². The summed E-state index contributed by atoms with van der Waals surface area (Å²) in [7, 11) is 3.04. The topological polar surface area (TPSA) is 86.8 Å². The van der Waals surface area contributed by atoms with Gasteiger partial charge in [0.05, 0.1) is 19.9 Å². The molecule has 0 spiro atoms. The second-order valence-electron chi connectivity index (χ2n) is 6.39. The fraction of sp³-hybridized carbons (Fsp3) is 0.125. The monoisotopic (exact) mass is 418 g/mol. The SMILES string of the molecule is COc1ccccc1NC(=O)COc1ccc(/C=C/C(=O)c2cccnc2)cc1OC. The van der Waals surface area contributed by atoms with Gasteiger partial charge in [0, 0.05) is 18.0 Å². The van der Waals surface area contributed by atoms with E-state index >= 15 is 0 Å². The summed E-state index contributed by atoms with van der Waals surface area (Å²) in [6.45, 7) is -0.205. The molecule has 0 atom stereocenters. The van der Waals surface area contributed by atoms with Gasteiger partial charge in [-0.2, -0.15) is 0 Å². The molecular formula is C24H22N2O5. The van der Waals surface area contributed by atoms with Crippen molar-refractivity contribution in [2.45, 2.75) is 0 Å². The Labute approximate surface area is 180 Å². The van der Waals surface area contributed by atoms with Crippen LogP contribution >= 0.6 is 0 Å². The summed E-state index contributed by atoms with van der Waals surface area (Å²) in [4.78, 5) is 28.4. The van der Waals surface area contributed by atoms with Crippen molar-refractivity contribution in [2.24, 2.45) is 0 Å². The number of pyridine rings is 1. The van der Waals surface area contributed by atoms with Crippen molar-refractivity contribution in [3.05, 3.63) is 84.2 Å². The molecule has 0 unspecified atom stereocenters. The highest BCUT2D eigenvalue weighted by molar-refractivity contribution is 6.06. The van der Waals surface area contributed by atoms with Gasteiger partial charge < -0.3 is 19.5 Å². The maximum Gasteiger partial charge on any atom is 0.262 e. The lowest BCUT2D eigenvalue weighted by atomic mass is 10.1. The molecule has 0 bridgehead atoms. The fourth-order valence-electron chi connectivity index (χ4n) is 2.76. The Bertz CT molecular complexity index is 1080. The number of carbonyl (C=O) groups excluding carboxylic acids is 2. The van der Waals surface area contributed by atoms with Crippen molar-refractivity contribution in [1.82, 2.24) is 4.98 Å². The van der Waals surface area contributed by atoms with Gasteiger partial charge in [-0.25, -0.2) is 0 Å². The number of anilines is 1. The van der Waals surface area contributed by atoms with E-state index in [1.54, 1.807) is 60.8 Å². The molecule has 0 fully saturated rings. The predicted molar refractivity (Wildman–Crippen MR) is 118 cm³/mol. The minimum Gasteiger partial charge on any atom is -0.495 e. The van der Waals surface area contributed by atoms with Crippen molar-refractivity contribution in [2.75, 3.05) is 26.1 Å². The molecule has 0 saturated carbocycles. The molecule has 0 aliphatic heterocycles. The normalized spacial score (nSPS) is 10.5. The van der Waals surface area contributed by atoms with Crippen LogP contribution in [0.3, 0.4) is 0 Å². The molecule has 1 amide bonds. The summed E-state index contributed by atoms with van der Waals surface area (Å²) in [5.74, 6) is 0.929. The van der Waals surface area contributed by atoms with Gasteiger partial charge in [-0.15, -0.1) is 0 Å². The molecule has 0 aliphatic carbocycles. The molecular weight excluding hydrogens is 396 g/mol. The van der Waals surface area contributed by atoms with Gasteiger partial charge >= 0.3 is 0 Å². The van der Waals surface area contributed by atoms with Crippen LogP contribution in [0.25, 0.3) is 6.08 Å². The third-order valence-corrected chi connectivity index (χ3v) is 4.30. The van der Waals surface area contributed by atoms with E-state index in [0.29, 0.717) is 28.5 Å². The summed E-state index contributed by atoms with van der Waals surface area (Å²) in [5.41, 5.74) is 1.82. The van der Waals surface area contributed by atoms with E-state index in [1.165, 1.54) is 26.5 Å². The Hall–Kier alpha value is -4.13. The first-order valence-electron chi connectivity index (χ1n) is 9.47. The standard InChI is InChI=1S/C24H22N2O5/c1-29-21-8-4-3-7-19(21)26-24(28)16-31-22-12-10-17(14-23(22)30-2)9-11-20(27)18-6-5-13-25-15-18/h3-15H,16H2,1-2H3,(H,26,28)/b11-9+. The van der Waals surface area contributed by atoms with Crippen LogP contribution in [0.1, 0.15) is 15.9 Å². The Kier molecular flexibility index (Phi) is 7.37. The number of hydrogen-bond donors (Lipinski definition) is 1. The first-order chi connectivity index (χ1) is 15.1. The zero-order chi connectivity index (χ0) is 22.1. The molecule has 1 N–H and O–H groups in total. The molecule has 0 radical (unpaired) electrons. The van der Waals surface area contributed by atoms with Crippen LogP contribution in [0.15, 0.2) is 73.1 Å². The number of rotatable bonds is 9. The lowest BCUT2D eigenvalue weighted by molar-refractivity contribution is -0.118. The zero-order valence-electron chi connectivity index (χ0n) is 17.2. The van der Waals surface area contributed by atoms with Gasteiger partial charge in [-0.3, -0.25) is 14.6 Å². The lowest BCUT2D eigenvalue weighted by Crippen LogP contribution is -2.20. The van der Waals surface area contributed by atoms with Crippen molar-refractivity contribution < 1.29 is 23.8 Å². The third kappa shape index (κ3) is 5.93. The summed E-state index contributed by atoms with van der Waals surface area (Å²) in [6.07, 6.45) is 6.27. The summed E-state index contributed by atoms with van der Waals surface area (Å²) < 4.78 is 16.2. The van der Waals surface area contributed by atoms with Crippen molar-refractivity contribution >= 4 is 23.5 Å². The third-order valence-electron chi connectivity index (χ3n) is 4.30. The summed E-state index contributed by atoms with van der Waals surface area (Å²) in [5, 5.41) is 2.75. The van der Waals surface area contributed by atoms with E-state index < -0.39 is 0 Å². The number of methoxy groups -OCH3 is 2. The smallest absolute Gasteiger partial charge is 0.262 e. The number of benzene rings is 2. The molecule has 7 nitrogen and oxygen atoms in total. The maximum absolute atomic E-state index is 12.2. The molecule has 158 valence electrons. The number of carbonyl (C=O) groups is 2. The zero-order valence-corrected chi connectivity index (χ0v) is 17.2. The molecule has 0 aliphatic rings. The van der Waals surface area contributed by atoms with Crippen LogP contribution in [0.4, 0.5) is 5.69 Å². The van der Waals surface area contributed by atoms with Gasteiger partial charge in [-0.05, 0) is 48.0 Å². The molecule has 0 saturated heterocycles. The van der Waals surface area contributed by atoms with E-state index in [4.69, 9.17) is 14.2 Å². The number of amides is 1. The number of nitrogens with one attached hydrogen (secondary N) is 1. The Morgan fingerprint density at radius 2 is 1.77 bits per heavy atom. The number of para-hydroxylation sites is 2. The second kappa shape index (κ2) is 10.6. The highest BCUT2D eigenvalue weighted by Crippen LogP contribution is 2.29. The number of aromatic nitrogens is 1. The van der Waals surface area contributed by atoms with E-state index in [0.717, 1.165) is 5.56 Å². The van der Waals surface area contributed by atoms with Crippen LogP contribution in [0.2, 0.25) is 0 Å². The van der Waals surface area contributed by atoms with Crippen LogP contribution < -0.4 is 19.5 Å². The highest BCUT2D eigenvalue weighted by Gasteiger charge is 2.11. The van der Waals surface area contributed by atoms with E-state index in [9.17, 15) is 9.59 Å². The van der Waals surface area contributed by atoms with Crippen molar-refractivity contribution in [1.29, 1.82) is 0 Å². The first kappa shape index (κ1) is 21.6. The second-order valence-corrected chi connectivity index (χ2v) is 6.39. The Morgan fingerprint density at radius 1 is 0.968 bits per heavy atom. The van der Waals surface area contributed by atoms with Crippen LogP contribution in [-0.2, 0) is 4.79 Å². The van der Waals surface area contributed by atoms with Gasteiger partial charge in [0.25, 0.3) is 5.91 Å². The molecule has 3 aromatic rings. The molecule has 2 aromatic carbocycles. The van der Waals surface area contributed by atoms with Crippen molar-refractivity contribution in [3.63, 3.8) is 0 Å². The molecule has 31 heavy (non-hydrogen) atoms. The average molecular weight is 418 g/mol. The molecule has 7 heteroatoms. The molecule has 3 rings (SSSR count). The maximum atomic E-state index is 12.2. The Balaban J connectivity index is 1.62. The largest absolute Gasteiger partial charge is 0.495 e. The first-order valence-corrected chi connectivity index (χ1v) is 9.47. The molecule has 1 aromatic heterocycles. The van der Waals surface area contributed by atoms with E-state index in [-0.39, 0.29) is 18.3 Å². The van der Waals surface area contributed by atoms with Crippen LogP contribution in [0, 0.1) is 0 Å². The number of allylic oxidation sites excluding steroid dienone is 1. The minimum atomic E-state index is -0.336. The number of ether oxygens (including phenoxy) is 3. The quantitative estimate of drug-likeness (QED) is 0.417. The number of ketones is 1. The average Bonchev–Trinajstić information content (AvgIpc) is 2.82. The molecule has 1 heterocycles. The fourth-order valence-corrected chi connectivity index (χ4v) is 2.76. The number of nitrogens with zero attached hydrogens (tertiary/aromatic N) is 1. The highest BCUT2D eigenvalue weighted by atomic mass is 16.5. The van der Waals surface area contributed by atoms with Gasteiger partial charge in [0.1, 0.15) is 5.75 Å². The van der Waals surface area contributed by atoms with Gasteiger partial charge in [0.15, 0.2) is 23.9 Å². The van der Waals surface area contributed by atoms with Crippen LogP contribution in [-0.4, -0.2) is 37.5 Å². The lowest BCUT2D eigenvalue weighted by Gasteiger charge is -2.13. The van der Waals surface area contributed by atoms with E-state index in [1.807, 2.05) is 6.07 Å².